The first kappa shape index (κ1) is 14.8. The zero-order valence-electron chi connectivity index (χ0n) is 11.1. The lowest BCUT2D eigenvalue weighted by molar-refractivity contribution is 0.190. The van der Waals surface area contributed by atoms with Crippen molar-refractivity contribution in [2.24, 2.45) is 0 Å². The molecule has 3 nitrogen and oxygen atoms in total. The fourth-order valence-electron chi connectivity index (χ4n) is 1.88. The van der Waals surface area contributed by atoms with Crippen molar-refractivity contribution in [3.63, 3.8) is 0 Å². The first-order valence-electron chi connectivity index (χ1n) is 6.00. The predicted molar refractivity (Wildman–Crippen MR) is 77.8 cm³/mol. The number of hydrogen-bond acceptors (Lipinski definition) is 3. The van der Waals surface area contributed by atoms with Gasteiger partial charge < -0.3 is 14.6 Å². The van der Waals surface area contributed by atoms with Crippen LogP contribution in [0.3, 0.4) is 0 Å². The number of methoxy groups -OCH3 is 1. The van der Waals surface area contributed by atoms with E-state index in [-0.39, 0.29) is 5.75 Å². The van der Waals surface area contributed by atoms with Gasteiger partial charge in [-0.2, -0.15) is 0 Å². The third-order valence-corrected chi connectivity index (χ3v) is 3.27. The van der Waals surface area contributed by atoms with Crippen molar-refractivity contribution in [1.82, 2.24) is 0 Å². The van der Waals surface area contributed by atoms with Crippen molar-refractivity contribution in [3.05, 3.63) is 52.3 Å². The highest BCUT2D eigenvalue weighted by atomic mass is 79.9. The first-order chi connectivity index (χ1) is 9.52. The van der Waals surface area contributed by atoms with Gasteiger partial charge in [0.05, 0.1) is 18.8 Å². The van der Waals surface area contributed by atoms with E-state index in [2.05, 4.69) is 15.9 Å². The molecule has 0 aliphatic carbocycles. The topological polar surface area (TPSA) is 38.7 Å². The van der Waals surface area contributed by atoms with Gasteiger partial charge in [0.15, 0.2) is 11.6 Å². The summed E-state index contributed by atoms with van der Waals surface area (Å²) in [6.07, 6.45) is -0.792. The summed E-state index contributed by atoms with van der Waals surface area (Å²) in [5.41, 5.74) is 0.484. The van der Waals surface area contributed by atoms with Crippen LogP contribution in [0, 0.1) is 5.82 Å². The van der Waals surface area contributed by atoms with E-state index in [0.717, 1.165) is 0 Å². The first-order valence-corrected chi connectivity index (χ1v) is 6.80. The van der Waals surface area contributed by atoms with Crippen LogP contribution in [-0.4, -0.2) is 12.2 Å². The van der Waals surface area contributed by atoms with Gasteiger partial charge in [0.1, 0.15) is 11.5 Å². The summed E-state index contributed by atoms with van der Waals surface area (Å²) in [5.74, 6) is 0.456. The highest BCUT2D eigenvalue weighted by molar-refractivity contribution is 9.10. The fourth-order valence-corrected chi connectivity index (χ4v) is 2.21. The molecule has 0 saturated carbocycles. The maximum Gasteiger partial charge on any atom is 0.166 e. The SMILES string of the molecule is COc1cccc(Oc2ccc(Br)cc2F)c1[C@H](C)O. The molecule has 0 fully saturated rings. The van der Waals surface area contributed by atoms with Crippen LogP contribution in [-0.2, 0) is 0 Å². The van der Waals surface area contributed by atoms with Crippen molar-refractivity contribution >= 4 is 15.9 Å². The van der Waals surface area contributed by atoms with Gasteiger partial charge >= 0.3 is 0 Å². The number of benzene rings is 2. The maximum absolute atomic E-state index is 13.8. The Morgan fingerprint density at radius 3 is 2.45 bits per heavy atom. The third-order valence-electron chi connectivity index (χ3n) is 2.78. The maximum atomic E-state index is 13.8. The van der Waals surface area contributed by atoms with Crippen LogP contribution in [0.5, 0.6) is 17.2 Å². The average Bonchev–Trinajstić information content (AvgIpc) is 2.41. The summed E-state index contributed by atoms with van der Waals surface area (Å²) < 4.78 is 25.2. The third kappa shape index (κ3) is 3.11. The number of halogens is 2. The molecule has 0 bridgehead atoms. The van der Waals surface area contributed by atoms with E-state index in [9.17, 15) is 9.50 Å². The molecule has 2 rings (SSSR count). The van der Waals surface area contributed by atoms with Gasteiger partial charge in [-0.05, 0) is 37.3 Å². The summed E-state index contributed by atoms with van der Waals surface area (Å²) in [4.78, 5) is 0. The second-order valence-electron chi connectivity index (χ2n) is 4.22. The number of ether oxygens (including phenoxy) is 2. The zero-order valence-corrected chi connectivity index (χ0v) is 12.6. The number of aliphatic hydroxyl groups is 1. The molecule has 20 heavy (non-hydrogen) atoms. The second-order valence-corrected chi connectivity index (χ2v) is 5.14. The highest BCUT2D eigenvalue weighted by Gasteiger charge is 2.17. The molecule has 0 aliphatic rings. The quantitative estimate of drug-likeness (QED) is 0.893. The van der Waals surface area contributed by atoms with E-state index in [0.29, 0.717) is 21.5 Å². The Balaban J connectivity index is 2.43. The van der Waals surface area contributed by atoms with Gasteiger partial charge in [0.25, 0.3) is 0 Å². The minimum Gasteiger partial charge on any atom is -0.496 e. The largest absolute Gasteiger partial charge is 0.496 e. The molecule has 0 aromatic heterocycles. The lowest BCUT2D eigenvalue weighted by Gasteiger charge is -2.16. The van der Waals surface area contributed by atoms with Crippen LogP contribution < -0.4 is 9.47 Å². The van der Waals surface area contributed by atoms with Gasteiger partial charge in [0.2, 0.25) is 0 Å². The number of aliphatic hydroxyl groups excluding tert-OH is 1. The number of rotatable bonds is 4. The van der Waals surface area contributed by atoms with Crippen LogP contribution in [0.25, 0.3) is 0 Å². The van der Waals surface area contributed by atoms with Crippen LogP contribution in [0.15, 0.2) is 40.9 Å². The Bertz CT molecular complexity index is 614. The molecular weight excluding hydrogens is 327 g/mol. The van der Waals surface area contributed by atoms with E-state index in [1.807, 2.05) is 0 Å². The summed E-state index contributed by atoms with van der Waals surface area (Å²) in [7, 11) is 1.51. The van der Waals surface area contributed by atoms with Crippen molar-refractivity contribution < 1.29 is 19.0 Å². The molecule has 1 atom stereocenters. The van der Waals surface area contributed by atoms with E-state index in [4.69, 9.17) is 9.47 Å². The van der Waals surface area contributed by atoms with Gasteiger partial charge in [-0.15, -0.1) is 0 Å². The Morgan fingerprint density at radius 1 is 1.15 bits per heavy atom. The Hall–Kier alpha value is -1.59. The standard InChI is InChI=1S/C15H14BrFO3/c1-9(18)15-13(19-2)4-3-5-14(15)20-12-7-6-10(16)8-11(12)17/h3-9,18H,1-2H3/t9-/m0/s1. The van der Waals surface area contributed by atoms with E-state index in [1.54, 1.807) is 31.2 Å². The monoisotopic (exact) mass is 340 g/mol. The van der Waals surface area contributed by atoms with Crippen LogP contribution in [0.4, 0.5) is 4.39 Å². The van der Waals surface area contributed by atoms with Crippen LogP contribution in [0.2, 0.25) is 0 Å². The van der Waals surface area contributed by atoms with Crippen molar-refractivity contribution in [2.45, 2.75) is 13.0 Å². The molecule has 5 heteroatoms. The summed E-state index contributed by atoms with van der Waals surface area (Å²) >= 11 is 3.19. The molecule has 0 unspecified atom stereocenters. The molecule has 106 valence electrons. The average molecular weight is 341 g/mol. The minimum absolute atomic E-state index is 0.0864. The van der Waals surface area contributed by atoms with E-state index >= 15 is 0 Å². The predicted octanol–water partition coefficient (Wildman–Crippen LogP) is 4.44. The summed E-state index contributed by atoms with van der Waals surface area (Å²) in [6.45, 7) is 1.60. The van der Waals surface area contributed by atoms with E-state index in [1.165, 1.54) is 19.2 Å². The molecule has 0 amide bonds. The highest BCUT2D eigenvalue weighted by Crippen LogP contribution is 2.37. The van der Waals surface area contributed by atoms with Crippen molar-refractivity contribution in [2.75, 3.05) is 7.11 Å². The summed E-state index contributed by atoms with van der Waals surface area (Å²) in [5, 5.41) is 9.85. The molecule has 0 radical (unpaired) electrons. The Kier molecular flexibility index (Phi) is 4.62. The van der Waals surface area contributed by atoms with Gasteiger partial charge in [-0.3, -0.25) is 0 Å². The van der Waals surface area contributed by atoms with Crippen LogP contribution >= 0.6 is 15.9 Å². The normalized spacial score (nSPS) is 12.1. The number of hydrogen-bond donors (Lipinski definition) is 1. The lowest BCUT2D eigenvalue weighted by Crippen LogP contribution is -2.00. The van der Waals surface area contributed by atoms with Gasteiger partial charge in [-0.1, -0.05) is 22.0 Å². The zero-order chi connectivity index (χ0) is 14.7. The molecule has 0 saturated heterocycles. The molecule has 2 aromatic carbocycles. The van der Waals surface area contributed by atoms with Crippen LogP contribution in [0.1, 0.15) is 18.6 Å². The van der Waals surface area contributed by atoms with E-state index < -0.39 is 11.9 Å². The molecule has 0 spiro atoms. The molecule has 1 N–H and O–H groups in total. The van der Waals surface area contributed by atoms with Crippen molar-refractivity contribution in [3.8, 4) is 17.2 Å². The van der Waals surface area contributed by atoms with Gasteiger partial charge in [0, 0.05) is 4.47 Å². The second kappa shape index (κ2) is 6.24. The van der Waals surface area contributed by atoms with Gasteiger partial charge in [-0.25, -0.2) is 4.39 Å². The smallest absolute Gasteiger partial charge is 0.166 e. The molecular formula is C15H14BrFO3. The lowest BCUT2D eigenvalue weighted by atomic mass is 10.1. The van der Waals surface area contributed by atoms with Crippen molar-refractivity contribution in [1.29, 1.82) is 0 Å². The fraction of sp³-hybridized carbons (Fsp3) is 0.200. The molecule has 0 heterocycles. The summed E-state index contributed by atoms with van der Waals surface area (Å²) in [6, 6.07) is 9.61. The Morgan fingerprint density at radius 2 is 1.85 bits per heavy atom. The molecule has 2 aromatic rings. The minimum atomic E-state index is -0.792. The molecule has 0 aliphatic heterocycles. The Labute approximate surface area is 125 Å².